The Morgan fingerprint density at radius 1 is 0.740 bits per heavy atom. The van der Waals surface area contributed by atoms with Crippen LogP contribution in [0.15, 0.2) is 84.9 Å². The average molecular weight is 722 g/mol. The number of aliphatic carboxylic acids is 1. The molecule has 0 saturated heterocycles. The molecule has 0 fully saturated rings. The summed E-state index contributed by atoms with van der Waals surface area (Å²) < 4.78 is 16.7. The third kappa shape index (κ3) is 11.0. The predicted octanol–water partition coefficient (Wildman–Crippen LogP) is 8.25. The van der Waals surface area contributed by atoms with E-state index in [1.807, 2.05) is 0 Å². The van der Waals surface area contributed by atoms with Crippen molar-refractivity contribution in [3.8, 4) is 17.2 Å². The topological polar surface area (TPSA) is 140 Å². The SMILES string of the molecule is CCCCCCCOc1ccc(C(=O)Oc2ccc(CC(NC(=O)c3ccc(NC(=O)c4ccc(Cl)c(Cl)c4)cc3)C(=O)O)cc2OC)cc1. The number of esters is 1. The molecule has 0 bridgehead atoms. The maximum Gasteiger partial charge on any atom is 0.343 e. The van der Waals surface area contributed by atoms with E-state index in [1.54, 1.807) is 36.4 Å². The van der Waals surface area contributed by atoms with Gasteiger partial charge in [-0.3, -0.25) is 9.59 Å². The van der Waals surface area contributed by atoms with E-state index < -0.39 is 29.8 Å². The number of anilines is 1. The number of carbonyl (C=O) groups excluding carboxylic acids is 3. The van der Waals surface area contributed by atoms with E-state index in [-0.39, 0.29) is 28.5 Å². The lowest BCUT2D eigenvalue weighted by molar-refractivity contribution is -0.139. The summed E-state index contributed by atoms with van der Waals surface area (Å²) in [4.78, 5) is 50.4. The highest BCUT2D eigenvalue weighted by molar-refractivity contribution is 6.42. The van der Waals surface area contributed by atoms with Crippen LogP contribution in [-0.2, 0) is 11.2 Å². The van der Waals surface area contributed by atoms with Crippen molar-refractivity contribution in [3.05, 3.63) is 117 Å². The molecule has 2 amide bonds. The van der Waals surface area contributed by atoms with Gasteiger partial charge in [0.15, 0.2) is 11.5 Å². The molecule has 0 aliphatic carbocycles. The van der Waals surface area contributed by atoms with Crippen molar-refractivity contribution in [2.75, 3.05) is 19.0 Å². The van der Waals surface area contributed by atoms with Crippen molar-refractivity contribution >= 4 is 52.6 Å². The number of ether oxygens (including phenoxy) is 3. The van der Waals surface area contributed by atoms with Crippen molar-refractivity contribution in [2.45, 2.75) is 51.5 Å². The molecule has 0 aliphatic rings. The fraction of sp³-hybridized carbons (Fsp3) is 0.263. The van der Waals surface area contributed by atoms with Crippen molar-refractivity contribution in [3.63, 3.8) is 0 Å². The van der Waals surface area contributed by atoms with Gasteiger partial charge in [-0.15, -0.1) is 0 Å². The molecule has 12 heteroatoms. The predicted molar refractivity (Wildman–Crippen MR) is 192 cm³/mol. The first-order valence-electron chi connectivity index (χ1n) is 16.1. The number of methoxy groups -OCH3 is 1. The van der Waals surface area contributed by atoms with Crippen LogP contribution < -0.4 is 24.8 Å². The van der Waals surface area contributed by atoms with Crippen LogP contribution in [0.25, 0.3) is 0 Å². The monoisotopic (exact) mass is 720 g/mol. The molecule has 1 atom stereocenters. The van der Waals surface area contributed by atoms with Crippen LogP contribution in [0.4, 0.5) is 5.69 Å². The standard InChI is InChI=1S/C38H38Cl2N2O8/c1-3-4-5-6-7-20-49-29-16-11-26(12-17-29)38(47)50-33-19-8-24(22-34(33)48-2)21-32(37(45)46)42-35(43)25-9-14-28(15-10-25)41-36(44)27-13-18-30(39)31(40)23-27/h8-19,22-23,32H,3-7,20-21H2,1-2H3,(H,41,44)(H,42,43)(H,45,46). The van der Waals surface area contributed by atoms with Gasteiger partial charge in [0.2, 0.25) is 0 Å². The lowest BCUT2D eigenvalue weighted by atomic mass is 10.0. The summed E-state index contributed by atoms with van der Waals surface area (Å²) in [6, 6.07) is 20.5. The highest BCUT2D eigenvalue weighted by atomic mass is 35.5. The molecule has 50 heavy (non-hydrogen) atoms. The molecule has 4 aromatic carbocycles. The number of hydrogen-bond acceptors (Lipinski definition) is 7. The van der Waals surface area contributed by atoms with Crippen LogP contribution >= 0.6 is 23.2 Å². The molecular formula is C38H38Cl2N2O8. The molecular weight excluding hydrogens is 683 g/mol. The Balaban J connectivity index is 1.32. The molecule has 0 radical (unpaired) electrons. The number of carboxylic acids is 1. The van der Waals surface area contributed by atoms with E-state index in [0.717, 1.165) is 12.8 Å². The highest BCUT2D eigenvalue weighted by Gasteiger charge is 2.23. The van der Waals surface area contributed by atoms with E-state index in [1.165, 1.54) is 74.9 Å². The normalized spacial score (nSPS) is 11.3. The van der Waals surface area contributed by atoms with Gasteiger partial charge in [0, 0.05) is 23.2 Å². The fourth-order valence-electron chi connectivity index (χ4n) is 4.89. The lowest BCUT2D eigenvalue weighted by Gasteiger charge is -2.16. The van der Waals surface area contributed by atoms with Crippen molar-refractivity contribution in [2.24, 2.45) is 0 Å². The molecule has 10 nitrogen and oxygen atoms in total. The number of amides is 2. The van der Waals surface area contributed by atoms with Gasteiger partial charge >= 0.3 is 11.9 Å². The fourth-order valence-corrected chi connectivity index (χ4v) is 5.19. The van der Waals surface area contributed by atoms with Gasteiger partial charge in [0.1, 0.15) is 11.8 Å². The molecule has 0 heterocycles. The summed E-state index contributed by atoms with van der Waals surface area (Å²) in [5.41, 5.74) is 1.74. The second-order valence-electron chi connectivity index (χ2n) is 11.4. The Hall–Kier alpha value is -5.06. The average Bonchev–Trinajstić information content (AvgIpc) is 3.11. The Morgan fingerprint density at radius 3 is 2.08 bits per heavy atom. The van der Waals surface area contributed by atoms with E-state index in [9.17, 15) is 24.3 Å². The van der Waals surface area contributed by atoms with Crippen LogP contribution in [0, 0.1) is 0 Å². The van der Waals surface area contributed by atoms with Gasteiger partial charge < -0.3 is 30.0 Å². The largest absolute Gasteiger partial charge is 0.494 e. The smallest absolute Gasteiger partial charge is 0.343 e. The van der Waals surface area contributed by atoms with Gasteiger partial charge in [-0.1, -0.05) is 61.9 Å². The Morgan fingerprint density at radius 2 is 1.42 bits per heavy atom. The Bertz CT molecular complexity index is 1800. The zero-order valence-electron chi connectivity index (χ0n) is 27.7. The van der Waals surface area contributed by atoms with Crippen LogP contribution in [0.5, 0.6) is 17.2 Å². The summed E-state index contributed by atoms with van der Waals surface area (Å²) >= 11 is 11.9. The Kier molecular flexibility index (Phi) is 14.1. The van der Waals surface area contributed by atoms with Gasteiger partial charge in [0.25, 0.3) is 11.8 Å². The molecule has 0 aliphatic heterocycles. The number of nitrogens with one attached hydrogen (secondary N) is 2. The first-order valence-corrected chi connectivity index (χ1v) is 16.9. The van der Waals surface area contributed by atoms with E-state index in [2.05, 4.69) is 17.6 Å². The van der Waals surface area contributed by atoms with Gasteiger partial charge in [-0.05, 0) is 90.8 Å². The van der Waals surface area contributed by atoms with Gasteiger partial charge in [0.05, 0.1) is 29.3 Å². The van der Waals surface area contributed by atoms with Crippen LogP contribution in [0.2, 0.25) is 10.0 Å². The minimum absolute atomic E-state index is 0.0798. The van der Waals surface area contributed by atoms with Gasteiger partial charge in [-0.25, -0.2) is 9.59 Å². The number of unbranched alkanes of at least 4 members (excludes halogenated alkanes) is 4. The first kappa shape index (κ1) is 37.8. The number of rotatable bonds is 17. The summed E-state index contributed by atoms with van der Waals surface area (Å²) in [5, 5.41) is 15.7. The molecule has 0 saturated carbocycles. The maximum absolute atomic E-state index is 12.9. The zero-order chi connectivity index (χ0) is 36.0. The minimum atomic E-state index is -1.29. The molecule has 262 valence electrons. The third-order valence-corrected chi connectivity index (χ3v) is 8.41. The van der Waals surface area contributed by atoms with Crippen LogP contribution in [0.3, 0.4) is 0 Å². The minimum Gasteiger partial charge on any atom is -0.494 e. The molecule has 4 rings (SSSR count). The van der Waals surface area contributed by atoms with Gasteiger partial charge in [-0.2, -0.15) is 0 Å². The molecule has 0 spiro atoms. The summed E-state index contributed by atoms with van der Waals surface area (Å²) in [7, 11) is 1.40. The maximum atomic E-state index is 12.9. The third-order valence-electron chi connectivity index (χ3n) is 7.67. The number of hydrogen-bond donors (Lipinski definition) is 3. The van der Waals surface area contributed by atoms with E-state index in [4.69, 9.17) is 37.4 Å². The highest BCUT2D eigenvalue weighted by Crippen LogP contribution is 2.30. The molecule has 1 unspecified atom stereocenters. The number of halogens is 2. The summed E-state index contributed by atoms with van der Waals surface area (Å²) in [6.07, 6.45) is 5.61. The van der Waals surface area contributed by atoms with E-state index in [0.29, 0.717) is 39.8 Å². The van der Waals surface area contributed by atoms with Crippen LogP contribution in [-0.4, -0.2) is 48.6 Å². The summed E-state index contributed by atoms with van der Waals surface area (Å²) in [5.74, 6) is -1.86. The first-order chi connectivity index (χ1) is 24.1. The number of carbonyl (C=O) groups is 4. The van der Waals surface area contributed by atoms with Crippen molar-refractivity contribution < 1.29 is 38.5 Å². The second kappa shape index (κ2) is 18.6. The summed E-state index contributed by atoms with van der Waals surface area (Å²) in [6.45, 7) is 2.79. The quantitative estimate of drug-likeness (QED) is 0.0563. The zero-order valence-corrected chi connectivity index (χ0v) is 29.2. The Labute approximate surface area is 300 Å². The second-order valence-corrected chi connectivity index (χ2v) is 12.2. The molecule has 3 N–H and O–H groups in total. The number of benzene rings is 4. The number of carboxylic acid groups (broad SMARTS) is 1. The van der Waals surface area contributed by atoms with E-state index >= 15 is 0 Å². The lowest BCUT2D eigenvalue weighted by Crippen LogP contribution is -2.42. The molecule has 0 aromatic heterocycles. The molecule has 4 aromatic rings. The van der Waals surface area contributed by atoms with Crippen molar-refractivity contribution in [1.82, 2.24) is 5.32 Å². The van der Waals surface area contributed by atoms with Crippen molar-refractivity contribution in [1.29, 1.82) is 0 Å². The van der Waals surface area contributed by atoms with Crippen LogP contribution in [0.1, 0.15) is 75.7 Å².